The molecule has 1 aliphatic heterocycles. The van der Waals surface area contributed by atoms with Crippen molar-refractivity contribution in [3.05, 3.63) is 70.3 Å². The SMILES string of the molecule is C=CC(CCCCC)C1=C(C(=O)C2C(C)C=CC3(O)CC(C(=O)Oc4ccc([N+](=O)[O-])cc4)CC(C)C23)C(=O)NC1=O. The number of esters is 1. The highest BCUT2D eigenvalue weighted by Crippen LogP contribution is 2.51. The Morgan fingerprint density at radius 3 is 2.52 bits per heavy atom. The summed E-state index contributed by atoms with van der Waals surface area (Å²) >= 11 is 0. The number of hydrogen-bond donors (Lipinski definition) is 2. The minimum atomic E-state index is -1.53. The number of unbranched alkanes of at least 4 members (excludes halogenated alkanes) is 2. The maximum atomic E-state index is 14.2. The molecule has 0 spiro atoms. The van der Waals surface area contributed by atoms with Crippen LogP contribution in [0.4, 0.5) is 5.69 Å². The zero-order chi connectivity index (χ0) is 30.8. The van der Waals surface area contributed by atoms with Crippen molar-refractivity contribution in [3.63, 3.8) is 0 Å². The predicted octanol–water partition coefficient (Wildman–Crippen LogP) is 4.62. The fraction of sp³-hybridized carbons (Fsp3) is 0.500. The molecule has 1 heterocycles. The Labute approximate surface area is 245 Å². The van der Waals surface area contributed by atoms with Gasteiger partial charge in [0.05, 0.1) is 22.0 Å². The number of nitrogens with zero attached hydrogens (tertiary/aromatic N) is 1. The van der Waals surface area contributed by atoms with Crippen molar-refractivity contribution in [2.24, 2.45) is 35.5 Å². The second-order valence-corrected chi connectivity index (χ2v) is 11.8. The van der Waals surface area contributed by atoms with Crippen LogP contribution in [0.5, 0.6) is 5.75 Å². The number of benzene rings is 1. The van der Waals surface area contributed by atoms with Crippen molar-refractivity contribution >= 4 is 29.3 Å². The van der Waals surface area contributed by atoms with Gasteiger partial charge in [-0.2, -0.15) is 0 Å². The lowest BCUT2D eigenvalue weighted by Gasteiger charge is -2.51. The Morgan fingerprint density at radius 1 is 1.21 bits per heavy atom. The molecule has 2 aliphatic carbocycles. The number of ether oxygens (including phenoxy) is 1. The van der Waals surface area contributed by atoms with Gasteiger partial charge in [-0.05, 0) is 43.2 Å². The van der Waals surface area contributed by atoms with E-state index in [1.54, 1.807) is 18.2 Å². The van der Waals surface area contributed by atoms with Crippen LogP contribution in [0, 0.1) is 45.6 Å². The van der Waals surface area contributed by atoms with Crippen LogP contribution in [-0.2, 0) is 19.2 Å². The molecule has 7 unspecified atom stereocenters. The van der Waals surface area contributed by atoms with Crippen molar-refractivity contribution < 1.29 is 33.9 Å². The fourth-order valence-electron chi connectivity index (χ4n) is 6.96. The van der Waals surface area contributed by atoms with Crippen LogP contribution in [0.15, 0.2) is 60.2 Å². The molecule has 1 aromatic rings. The molecule has 0 bridgehead atoms. The monoisotopic (exact) mass is 578 g/mol. The molecule has 42 heavy (non-hydrogen) atoms. The largest absolute Gasteiger partial charge is 0.426 e. The summed E-state index contributed by atoms with van der Waals surface area (Å²) in [7, 11) is 0. The van der Waals surface area contributed by atoms with Gasteiger partial charge in [-0.15, -0.1) is 6.58 Å². The Morgan fingerprint density at radius 2 is 1.90 bits per heavy atom. The van der Waals surface area contributed by atoms with Gasteiger partial charge in [0.15, 0.2) is 5.78 Å². The number of hydrogen-bond acceptors (Lipinski definition) is 8. The summed E-state index contributed by atoms with van der Waals surface area (Å²) < 4.78 is 5.49. The summed E-state index contributed by atoms with van der Waals surface area (Å²) in [6.07, 6.45) is 8.65. The molecule has 1 aromatic carbocycles. The van der Waals surface area contributed by atoms with Crippen molar-refractivity contribution in [1.82, 2.24) is 5.32 Å². The van der Waals surface area contributed by atoms with Gasteiger partial charge in [0.2, 0.25) is 0 Å². The van der Waals surface area contributed by atoms with E-state index in [2.05, 4.69) is 18.8 Å². The molecule has 0 saturated heterocycles. The summed E-state index contributed by atoms with van der Waals surface area (Å²) in [6, 6.07) is 5.17. The van der Waals surface area contributed by atoms with E-state index in [9.17, 15) is 34.4 Å². The van der Waals surface area contributed by atoms with E-state index in [-0.39, 0.29) is 40.8 Å². The number of nitrogens with one attached hydrogen (secondary N) is 1. The maximum Gasteiger partial charge on any atom is 0.314 e. The zero-order valence-corrected chi connectivity index (χ0v) is 24.2. The third-order valence-electron chi connectivity index (χ3n) is 8.95. The van der Waals surface area contributed by atoms with Gasteiger partial charge < -0.3 is 9.84 Å². The van der Waals surface area contributed by atoms with Crippen LogP contribution in [0.3, 0.4) is 0 Å². The summed E-state index contributed by atoms with van der Waals surface area (Å²) in [5.74, 6) is -5.38. The first-order valence-corrected chi connectivity index (χ1v) is 14.6. The second kappa shape index (κ2) is 12.5. The molecule has 2 N–H and O–H groups in total. The minimum absolute atomic E-state index is 0.00412. The summed E-state index contributed by atoms with van der Waals surface area (Å²) in [5, 5.41) is 25.1. The van der Waals surface area contributed by atoms with E-state index in [1.165, 1.54) is 24.3 Å². The number of carbonyl (C=O) groups is 4. The summed E-state index contributed by atoms with van der Waals surface area (Å²) in [4.78, 5) is 63.6. The second-order valence-electron chi connectivity index (χ2n) is 11.8. The predicted molar refractivity (Wildman–Crippen MR) is 154 cm³/mol. The number of allylic oxidation sites excluding steroid dienone is 2. The van der Waals surface area contributed by atoms with Crippen LogP contribution < -0.4 is 10.1 Å². The van der Waals surface area contributed by atoms with E-state index in [4.69, 9.17) is 4.74 Å². The highest BCUT2D eigenvalue weighted by molar-refractivity contribution is 6.33. The average molecular weight is 579 g/mol. The smallest absolute Gasteiger partial charge is 0.314 e. The number of nitro benzene ring substituents is 1. The average Bonchev–Trinajstić information content (AvgIpc) is 3.24. The lowest BCUT2D eigenvalue weighted by atomic mass is 9.55. The minimum Gasteiger partial charge on any atom is -0.426 e. The Bertz CT molecular complexity index is 1350. The van der Waals surface area contributed by atoms with E-state index in [1.807, 2.05) is 13.8 Å². The van der Waals surface area contributed by atoms with Gasteiger partial charge in [0.25, 0.3) is 17.5 Å². The number of ketones is 1. The topological polar surface area (TPSA) is 153 Å². The van der Waals surface area contributed by atoms with Gasteiger partial charge >= 0.3 is 5.97 Å². The maximum absolute atomic E-state index is 14.2. The van der Waals surface area contributed by atoms with E-state index in [0.717, 1.165) is 19.3 Å². The van der Waals surface area contributed by atoms with Gasteiger partial charge in [-0.25, -0.2) is 0 Å². The molecule has 0 aromatic heterocycles. The molecule has 4 rings (SSSR count). The number of aliphatic hydroxyl groups is 1. The lowest BCUT2D eigenvalue weighted by molar-refractivity contribution is -0.384. The number of nitro groups is 1. The summed E-state index contributed by atoms with van der Waals surface area (Å²) in [6.45, 7) is 9.63. The van der Waals surface area contributed by atoms with Crippen LogP contribution in [0.1, 0.15) is 59.3 Å². The molecule has 1 fully saturated rings. The van der Waals surface area contributed by atoms with E-state index in [0.29, 0.717) is 12.8 Å². The third-order valence-corrected chi connectivity index (χ3v) is 8.95. The van der Waals surface area contributed by atoms with Crippen LogP contribution >= 0.6 is 0 Å². The molecule has 10 heteroatoms. The number of imide groups is 1. The molecule has 224 valence electrons. The number of amides is 2. The number of fused-ring (bicyclic) bond motifs is 1. The highest BCUT2D eigenvalue weighted by Gasteiger charge is 2.56. The highest BCUT2D eigenvalue weighted by atomic mass is 16.6. The molecule has 2 amide bonds. The Kier molecular flexibility index (Phi) is 9.25. The van der Waals surface area contributed by atoms with Crippen LogP contribution in [0.25, 0.3) is 0 Å². The zero-order valence-electron chi connectivity index (χ0n) is 24.2. The van der Waals surface area contributed by atoms with E-state index >= 15 is 0 Å². The number of rotatable bonds is 11. The number of carbonyl (C=O) groups excluding carboxylic acids is 4. The van der Waals surface area contributed by atoms with Crippen LogP contribution in [0.2, 0.25) is 0 Å². The Hall–Kier alpha value is -3.92. The molecule has 0 radical (unpaired) electrons. The normalized spacial score (nSPS) is 29.5. The molecule has 7 atom stereocenters. The number of non-ortho nitro benzene ring substituents is 1. The first-order valence-electron chi connectivity index (χ1n) is 14.6. The van der Waals surface area contributed by atoms with Crippen molar-refractivity contribution in [2.45, 2.75) is 64.9 Å². The first kappa shape index (κ1) is 31.0. The first-order chi connectivity index (χ1) is 19.9. The van der Waals surface area contributed by atoms with Gasteiger partial charge in [-0.3, -0.25) is 34.6 Å². The molecule has 3 aliphatic rings. The fourth-order valence-corrected chi connectivity index (χ4v) is 6.96. The van der Waals surface area contributed by atoms with Crippen molar-refractivity contribution in [2.75, 3.05) is 0 Å². The molecular weight excluding hydrogens is 540 g/mol. The van der Waals surface area contributed by atoms with E-state index < -0.39 is 57.8 Å². The van der Waals surface area contributed by atoms with Gasteiger partial charge in [0, 0.05) is 35.5 Å². The lowest BCUT2D eigenvalue weighted by Crippen LogP contribution is -2.56. The number of Topliss-reactive ketones (excluding diaryl/α,β-unsaturated/α-hetero) is 1. The summed E-state index contributed by atoms with van der Waals surface area (Å²) in [5.41, 5.74) is -1.66. The van der Waals surface area contributed by atoms with Gasteiger partial charge in [0.1, 0.15) is 5.75 Å². The third kappa shape index (κ3) is 5.99. The standard InChI is InChI=1S/C32H38N2O8/c1-5-7-8-9-20(6-2)25-26(30(37)33-29(25)36)28(35)24-18(3)14-15-32(39)17-21(16-19(4)27(24)32)31(38)42-23-12-10-22(11-13-23)34(40)41/h6,10-15,18-21,24,27,39H,2,5,7-9,16-17H2,1,3-4H3,(H,33,36,37). The van der Waals surface area contributed by atoms with Crippen molar-refractivity contribution in [1.29, 1.82) is 0 Å². The van der Waals surface area contributed by atoms with Crippen molar-refractivity contribution in [3.8, 4) is 5.75 Å². The van der Waals surface area contributed by atoms with Gasteiger partial charge in [-0.1, -0.05) is 58.3 Å². The molecular formula is C32H38N2O8. The Balaban J connectivity index is 1.60. The molecule has 10 nitrogen and oxygen atoms in total. The molecule has 1 saturated carbocycles. The van der Waals surface area contributed by atoms with Crippen LogP contribution in [-0.4, -0.2) is 39.2 Å². The quantitative estimate of drug-likeness (QED) is 0.0564.